The summed E-state index contributed by atoms with van der Waals surface area (Å²) in [5.41, 5.74) is 5.80. The average Bonchev–Trinajstić information content (AvgIpc) is 2.76. The Hall–Kier alpha value is -2.46. The fourth-order valence-electron chi connectivity index (χ4n) is 4.14. The Bertz CT molecular complexity index is 925. The van der Waals surface area contributed by atoms with E-state index in [4.69, 9.17) is 4.74 Å². The van der Waals surface area contributed by atoms with E-state index in [2.05, 4.69) is 60.4 Å². The van der Waals surface area contributed by atoms with Gasteiger partial charge in [0.25, 0.3) is 0 Å². The number of ether oxygens (including phenoxy) is 1. The molecule has 2 unspecified atom stereocenters. The van der Waals surface area contributed by atoms with Gasteiger partial charge in [-0.25, -0.2) is 0 Å². The lowest BCUT2D eigenvalue weighted by Crippen LogP contribution is -2.38. The van der Waals surface area contributed by atoms with E-state index in [1.165, 1.54) is 16.7 Å². The van der Waals surface area contributed by atoms with E-state index in [-0.39, 0.29) is 6.10 Å². The first-order valence-corrected chi connectivity index (χ1v) is 10.4. The van der Waals surface area contributed by atoms with Crippen LogP contribution in [0, 0.1) is 6.92 Å². The van der Waals surface area contributed by atoms with Crippen LogP contribution in [0.4, 0.5) is 0 Å². The highest BCUT2D eigenvalue weighted by Gasteiger charge is 2.26. The van der Waals surface area contributed by atoms with Crippen LogP contribution in [0.1, 0.15) is 40.0 Å². The number of hydrogen-bond donors (Lipinski definition) is 1. The van der Waals surface area contributed by atoms with Crippen molar-refractivity contribution in [3.05, 3.63) is 107 Å². The van der Waals surface area contributed by atoms with E-state index in [0.29, 0.717) is 13.0 Å². The van der Waals surface area contributed by atoms with Gasteiger partial charge in [-0.05, 0) is 34.7 Å². The summed E-state index contributed by atoms with van der Waals surface area (Å²) in [6, 6.07) is 27.0. The maximum atomic E-state index is 11.0. The highest BCUT2D eigenvalue weighted by Crippen LogP contribution is 2.31. The van der Waals surface area contributed by atoms with Gasteiger partial charge in [-0.3, -0.25) is 4.90 Å². The zero-order valence-corrected chi connectivity index (χ0v) is 17.0. The van der Waals surface area contributed by atoms with Crippen LogP contribution in [0.15, 0.2) is 78.9 Å². The minimum Gasteiger partial charge on any atom is -0.388 e. The lowest BCUT2D eigenvalue weighted by Gasteiger charge is -2.34. The van der Waals surface area contributed by atoms with Crippen LogP contribution in [-0.4, -0.2) is 29.7 Å². The number of hydrogen-bond acceptors (Lipinski definition) is 3. The van der Waals surface area contributed by atoms with Gasteiger partial charge in [0.2, 0.25) is 0 Å². The molecule has 1 aliphatic heterocycles. The predicted octanol–water partition coefficient (Wildman–Crippen LogP) is 4.84. The van der Waals surface area contributed by atoms with Crippen LogP contribution in [0.2, 0.25) is 0 Å². The second-order valence-electron chi connectivity index (χ2n) is 7.86. The van der Waals surface area contributed by atoms with Crippen molar-refractivity contribution in [2.75, 3.05) is 19.7 Å². The van der Waals surface area contributed by atoms with Gasteiger partial charge in [0.05, 0.1) is 18.8 Å². The zero-order valence-electron chi connectivity index (χ0n) is 17.0. The van der Waals surface area contributed by atoms with Gasteiger partial charge in [-0.15, -0.1) is 0 Å². The number of morpholine rings is 1. The van der Waals surface area contributed by atoms with Gasteiger partial charge in [-0.1, -0.05) is 78.9 Å². The molecule has 29 heavy (non-hydrogen) atoms. The highest BCUT2D eigenvalue weighted by atomic mass is 16.5. The van der Waals surface area contributed by atoms with Crippen LogP contribution < -0.4 is 0 Å². The first-order valence-electron chi connectivity index (χ1n) is 10.4. The molecule has 1 N–H and O–H groups in total. The minimum absolute atomic E-state index is 0.0183. The Morgan fingerprint density at radius 1 is 0.966 bits per heavy atom. The summed E-state index contributed by atoms with van der Waals surface area (Å²) in [5.74, 6) is 0. The van der Waals surface area contributed by atoms with Crippen molar-refractivity contribution in [2.45, 2.75) is 32.1 Å². The van der Waals surface area contributed by atoms with E-state index in [0.717, 1.165) is 30.8 Å². The van der Waals surface area contributed by atoms with Gasteiger partial charge in [-0.2, -0.15) is 0 Å². The highest BCUT2D eigenvalue weighted by molar-refractivity contribution is 5.34. The number of rotatable bonds is 6. The third-order valence-corrected chi connectivity index (χ3v) is 5.78. The molecule has 0 bridgehead atoms. The molecule has 3 aromatic carbocycles. The van der Waals surface area contributed by atoms with Gasteiger partial charge in [0.15, 0.2) is 0 Å². The van der Waals surface area contributed by atoms with E-state index in [1.54, 1.807) is 0 Å². The molecule has 1 aliphatic rings. The first-order chi connectivity index (χ1) is 14.2. The summed E-state index contributed by atoms with van der Waals surface area (Å²) >= 11 is 0. The van der Waals surface area contributed by atoms with Crippen molar-refractivity contribution >= 4 is 0 Å². The van der Waals surface area contributed by atoms with Crippen molar-refractivity contribution in [1.82, 2.24) is 4.90 Å². The molecule has 1 heterocycles. The molecule has 150 valence electrons. The Labute approximate surface area is 173 Å². The second kappa shape index (κ2) is 9.36. The molecule has 2 atom stereocenters. The Morgan fingerprint density at radius 3 is 2.52 bits per heavy atom. The van der Waals surface area contributed by atoms with Crippen LogP contribution in [0.25, 0.3) is 0 Å². The fourth-order valence-corrected chi connectivity index (χ4v) is 4.14. The lowest BCUT2D eigenvalue weighted by atomic mass is 9.92. The molecule has 0 saturated carbocycles. The molecular weight excluding hydrogens is 358 g/mol. The topological polar surface area (TPSA) is 32.7 Å². The number of nitrogens with zero attached hydrogens (tertiary/aromatic N) is 1. The molecule has 3 nitrogen and oxygen atoms in total. The van der Waals surface area contributed by atoms with Crippen molar-refractivity contribution in [3.8, 4) is 0 Å². The summed E-state index contributed by atoms with van der Waals surface area (Å²) in [4.78, 5) is 2.44. The molecule has 4 rings (SSSR count). The number of aliphatic hydroxyl groups excluding tert-OH is 1. The normalized spacial score (nSPS) is 18.5. The summed E-state index contributed by atoms with van der Waals surface area (Å²) < 4.78 is 6.14. The van der Waals surface area contributed by atoms with Crippen molar-refractivity contribution in [2.24, 2.45) is 0 Å². The maximum Gasteiger partial charge on any atom is 0.0956 e. The standard InChI is InChI=1S/C26H29NO2/c1-20-9-5-6-12-22(20)17-25(28)23-13-7-8-14-24(23)26-19-27(15-16-29-26)18-21-10-3-2-4-11-21/h2-14,25-26,28H,15-19H2,1H3. The third-order valence-electron chi connectivity index (χ3n) is 5.78. The molecule has 1 fully saturated rings. The largest absolute Gasteiger partial charge is 0.388 e. The van der Waals surface area contributed by atoms with Gasteiger partial charge in [0.1, 0.15) is 0 Å². The SMILES string of the molecule is Cc1ccccc1CC(O)c1ccccc1C1CN(Cc2ccccc2)CCO1. The summed E-state index contributed by atoms with van der Waals surface area (Å²) in [7, 11) is 0. The molecule has 3 heteroatoms. The van der Waals surface area contributed by atoms with Crippen molar-refractivity contribution in [1.29, 1.82) is 0 Å². The van der Waals surface area contributed by atoms with E-state index in [9.17, 15) is 5.11 Å². The van der Waals surface area contributed by atoms with Crippen LogP contribution in [0.3, 0.4) is 0 Å². The summed E-state index contributed by atoms with van der Waals surface area (Å²) in [5, 5.41) is 11.0. The molecule has 0 aromatic heterocycles. The number of aryl methyl sites for hydroxylation is 1. The average molecular weight is 388 g/mol. The number of benzene rings is 3. The monoisotopic (exact) mass is 387 g/mol. The molecular formula is C26H29NO2. The first kappa shape index (κ1) is 19.8. The molecule has 0 radical (unpaired) electrons. The van der Waals surface area contributed by atoms with Crippen LogP contribution in [-0.2, 0) is 17.7 Å². The number of aliphatic hydroxyl groups is 1. The zero-order chi connectivity index (χ0) is 20.1. The smallest absolute Gasteiger partial charge is 0.0956 e. The summed E-state index contributed by atoms with van der Waals surface area (Å²) in [6.07, 6.45) is 0.0556. The molecule has 0 amide bonds. The summed E-state index contributed by atoms with van der Waals surface area (Å²) in [6.45, 7) is 5.50. The maximum absolute atomic E-state index is 11.0. The molecule has 0 spiro atoms. The fraction of sp³-hybridized carbons (Fsp3) is 0.308. The lowest BCUT2D eigenvalue weighted by molar-refractivity contribution is -0.0342. The van der Waals surface area contributed by atoms with Crippen molar-refractivity contribution in [3.63, 3.8) is 0 Å². The molecule has 0 aliphatic carbocycles. The molecule has 1 saturated heterocycles. The van der Waals surface area contributed by atoms with Gasteiger partial charge < -0.3 is 9.84 Å². The Morgan fingerprint density at radius 2 is 1.69 bits per heavy atom. The van der Waals surface area contributed by atoms with E-state index in [1.807, 2.05) is 30.3 Å². The quantitative estimate of drug-likeness (QED) is 0.657. The van der Waals surface area contributed by atoms with Crippen LogP contribution in [0.5, 0.6) is 0 Å². The Balaban J connectivity index is 1.50. The van der Waals surface area contributed by atoms with Gasteiger partial charge in [0, 0.05) is 26.1 Å². The van der Waals surface area contributed by atoms with E-state index >= 15 is 0 Å². The minimum atomic E-state index is -0.541. The van der Waals surface area contributed by atoms with E-state index < -0.39 is 6.10 Å². The Kier molecular flexibility index (Phi) is 6.40. The van der Waals surface area contributed by atoms with Crippen molar-refractivity contribution < 1.29 is 9.84 Å². The third kappa shape index (κ3) is 4.94. The second-order valence-corrected chi connectivity index (χ2v) is 7.86. The predicted molar refractivity (Wildman–Crippen MR) is 117 cm³/mol. The van der Waals surface area contributed by atoms with Gasteiger partial charge >= 0.3 is 0 Å². The molecule has 3 aromatic rings. The van der Waals surface area contributed by atoms with Crippen LogP contribution >= 0.6 is 0 Å².